The van der Waals surface area contributed by atoms with Crippen molar-refractivity contribution in [1.29, 1.82) is 0 Å². The quantitative estimate of drug-likeness (QED) is 0.456. The number of hydrogen-bond acceptors (Lipinski definition) is 5. The maximum atomic E-state index is 13.5. The normalized spacial score (nSPS) is 13.7. The molecule has 0 spiro atoms. The van der Waals surface area contributed by atoms with E-state index in [0.29, 0.717) is 27.1 Å². The van der Waals surface area contributed by atoms with Crippen molar-refractivity contribution in [3.8, 4) is 5.75 Å². The van der Waals surface area contributed by atoms with Gasteiger partial charge in [0.25, 0.3) is 11.8 Å². The van der Waals surface area contributed by atoms with E-state index in [2.05, 4.69) is 5.32 Å². The molecule has 32 heavy (non-hydrogen) atoms. The second kappa shape index (κ2) is 9.10. The molecule has 5 nitrogen and oxygen atoms in total. The first-order chi connectivity index (χ1) is 15.4. The van der Waals surface area contributed by atoms with Gasteiger partial charge in [0.2, 0.25) is 0 Å². The molecule has 1 heterocycles. The lowest BCUT2D eigenvalue weighted by atomic mass is 10.2. The molecule has 1 aliphatic rings. The van der Waals surface area contributed by atoms with Crippen LogP contribution >= 0.6 is 23.4 Å². The Balaban J connectivity index is 1.78. The number of ether oxygens (including phenoxy) is 1. The molecule has 0 unspecified atom stereocenters. The van der Waals surface area contributed by atoms with E-state index in [1.54, 1.807) is 18.2 Å². The molecule has 1 aliphatic heterocycles. The Bertz CT molecular complexity index is 1150. The zero-order valence-electron chi connectivity index (χ0n) is 17.8. The molecule has 0 radical (unpaired) electrons. The van der Waals surface area contributed by atoms with Crippen LogP contribution in [0.25, 0.3) is 0 Å². The van der Waals surface area contributed by atoms with Gasteiger partial charge >= 0.3 is 0 Å². The number of halogens is 1. The smallest absolute Gasteiger partial charge is 0.283 e. The van der Waals surface area contributed by atoms with Crippen molar-refractivity contribution in [2.24, 2.45) is 0 Å². The van der Waals surface area contributed by atoms with Gasteiger partial charge in [-0.2, -0.15) is 0 Å². The summed E-state index contributed by atoms with van der Waals surface area (Å²) in [6.07, 6.45) is 0. The lowest BCUT2D eigenvalue weighted by molar-refractivity contribution is -0.120. The van der Waals surface area contributed by atoms with Gasteiger partial charge in [-0.25, -0.2) is 4.90 Å². The van der Waals surface area contributed by atoms with Gasteiger partial charge in [0.05, 0.1) is 12.8 Å². The number of amides is 2. The van der Waals surface area contributed by atoms with Crippen LogP contribution < -0.4 is 15.0 Å². The van der Waals surface area contributed by atoms with Crippen LogP contribution in [0.5, 0.6) is 5.75 Å². The summed E-state index contributed by atoms with van der Waals surface area (Å²) in [6, 6.07) is 20.3. The Morgan fingerprint density at radius 3 is 2.12 bits per heavy atom. The molecule has 0 bridgehead atoms. The highest BCUT2D eigenvalue weighted by molar-refractivity contribution is 8.04. The second-order valence-electron chi connectivity index (χ2n) is 7.37. The number of hydrogen-bond donors (Lipinski definition) is 1. The average Bonchev–Trinajstić information content (AvgIpc) is 3.00. The number of imide groups is 1. The molecule has 162 valence electrons. The highest BCUT2D eigenvalue weighted by Gasteiger charge is 2.41. The second-order valence-corrected chi connectivity index (χ2v) is 8.89. The minimum atomic E-state index is -0.467. The number of methoxy groups -OCH3 is 1. The standard InChI is InChI=1S/C25H21ClN2O3S/c1-15-4-9-18(10-5-15)27-22-23(32-19-11-6-16(2)7-12-19)25(30)28(24(22)29)20-14-17(26)8-13-21(20)31-3/h4-14,27H,1-3H3. The lowest BCUT2D eigenvalue weighted by Gasteiger charge is -2.18. The largest absolute Gasteiger partial charge is 0.495 e. The Kier molecular flexibility index (Phi) is 6.26. The van der Waals surface area contributed by atoms with E-state index in [1.165, 1.54) is 18.9 Å². The average molecular weight is 465 g/mol. The Hall–Kier alpha value is -3.22. The molecule has 0 saturated carbocycles. The van der Waals surface area contributed by atoms with E-state index in [4.69, 9.17) is 16.3 Å². The zero-order valence-corrected chi connectivity index (χ0v) is 19.4. The van der Waals surface area contributed by atoms with Gasteiger partial charge in [-0.15, -0.1) is 0 Å². The fraction of sp³-hybridized carbons (Fsp3) is 0.120. The van der Waals surface area contributed by atoms with Crippen LogP contribution in [-0.2, 0) is 9.59 Å². The minimum absolute atomic E-state index is 0.214. The fourth-order valence-electron chi connectivity index (χ4n) is 3.28. The molecule has 0 saturated heterocycles. The third-order valence-electron chi connectivity index (χ3n) is 4.98. The fourth-order valence-corrected chi connectivity index (χ4v) is 4.37. The predicted molar refractivity (Wildman–Crippen MR) is 129 cm³/mol. The van der Waals surface area contributed by atoms with Gasteiger partial charge in [-0.05, 0) is 56.3 Å². The van der Waals surface area contributed by atoms with Crippen molar-refractivity contribution in [3.63, 3.8) is 0 Å². The third kappa shape index (κ3) is 4.38. The highest BCUT2D eigenvalue weighted by Crippen LogP contribution is 2.41. The number of benzene rings is 3. The van der Waals surface area contributed by atoms with E-state index in [0.717, 1.165) is 20.9 Å². The minimum Gasteiger partial charge on any atom is -0.495 e. The summed E-state index contributed by atoms with van der Waals surface area (Å²) in [7, 11) is 1.48. The van der Waals surface area contributed by atoms with Gasteiger partial charge in [-0.1, -0.05) is 58.8 Å². The van der Waals surface area contributed by atoms with E-state index < -0.39 is 11.8 Å². The maximum absolute atomic E-state index is 13.5. The molecule has 0 atom stereocenters. The molecule has 0 aromatic heterocycles. The predicted octanol–water partition coefficient (Wildman–Crippen LogP) is 5.95. The highest BCUT2D eigenvalue weighted by atomic mass is 35.5. The number of thioether (sulfide) groups is 1. The van der Waals surface area contributed by atoms with E-state index in [1.807, 2.05) is 62.4 Å². The molecule has 0 fully saturated rings. The lowest BCUT2D eigenvalue weighted by Crippen LogP contribution is -2.32. The van der Waals surface area contributed by atoms with E-state index >= 15 is 0 Å². The first-order valence-electron chi connectivity index (χ1n) is 9.92. The van der Waals surface area contributed by atoms with Crippen LogP contribution in [0.4, 0.5) is 11.4 Å². The van der Waals surface area contributed by atoms with Crippen molar-refractivity contribution in [1.82, 2.24) is 0 Å². The first kappa shape index (κ1) is 22.0. The molecular weight excluding hydrogens is 444 g/mol. The van der Waals surface area contributed by atoms with E-state index in [9.17, 15) is 9.59 Å². The van der Waals surface area contributed by atoms with Crippen molar-refractivity contribution in [3.05, 3.63) is 93.5 Å². The monoisotopic (exact) mass is 464 g/mol. The Morgan fingerprint density at radius 2 is 1.50 bits per heavy atom. The molecule has 4 rings (SSSR count). The zero-order chi connectivity index (χ0) is 22.8. The summed E-state index contributed by atoms with van der Waals surface area (Å²) >= 11 is 7.42. The van der Waals surface area contributed by atoms with E-state index in [-0.39, 0.29) is 5.70 Å². The molecule has 0 aliphatic carbocycles. The van der Waals surface area contributed by atoms with Crippen molar-refractivity contribution in [2.45, 2.75) is 18.7 Å². The number of nitrogens with one attached hydrogen (secondary N) is 1. The molecule has 3 aromatic rings. The Morgan fingerprint density at radius 1 is 0.875 bits per heavy atom. The summed E-state index contributed by atoms with van der Waals surface area (Å²) in [5.74, 6) is -0.520. The molecule has 2 amide bonds. The van der Waals surface area contributed by atoms with Crippen molar-refractivity contribution in [2.75, 3.05) is 17.3 Å². The third-order valence-corrected chi connectivity index (χ3v) is 6.31. The number of nitrogens with zero attached hydrogens (tertiary/aromatic N) is 1. The van der Waals surface area contributed by atoms with Crippen molar-refractivity contribution >= 4 is 46.6 Å². The van der Waals surface area contributed by atoms with Crippen LogP contribution in [0.15, 0.2) is 82.2 Å². The number of aryl methyl sites for hydroxylation is 2. The number of rotatable bonds is 6. The number of anilines is 2. The van der Waals surface area contributed by atoms with Gasteiger partial charge < -0.3 is 10.1 Å². The summed E-state index contributed by atoms with van der Waals surface area (Å²) in [6.45, 7) is 3.98. The summed E-state index contributed by atoms with van der Waals surface area (Å²) in [4.78, 5) is 29.3. The van der Waals surface area contributed by atoms with Crippen LogP contribution in [0.1, 0.15) is 11.1 Å². The van der Waals surface area contributed by atoms with Gasteiger partial charge in [0.1, 0.15) is 16.4 Å². The summed E-state index contributed by atoms with van der Waals surface area (Å²) in [5.41, 5.74) is 3.44. The van der Waals surface area contributed by atoms with Gasteiger partial charge in [0, 0.05) is 15.6 Å². The van der Waals surface area contributed by atoms with Crippen LogP contribution in [0.3, 0.4) is 0 Å². The summed E-state index contributed by atoms with van der Waals surface area (Å²) < 4.78 is 5.39. The van der Waals surface area contributed by atoms with Crippen LogP contribution in [0.2, 0.25) is 5.02 Å². The molecule has 3 aromatic carbocycles. The van der Waals surface area contributed by atoms with Gasteiger partial charge in [-0.3, -0.25) is 9.59 Å². The Labute approximate surface area is 196 Å². The number of carbonyl (C=O) groups excluding carboxylic acids is 2. The van der Waals surface area contributed by atoms with Crippen LogP contribution in [0, 0.1) is 13.8 Å². The molecule has 1 N–H and O–H groups in total. The SMILES string of the molecule is COc1ccc(Cl)cc1N1C(=O)C(Nc2ccc(C)cc2)=C(Sc2ccc(C)cc2)C1=O. The molecular formula is C25H21ClN2O3S. The van der Waals surface area contributed by atoms with Crippen LogP contribution in [-0.4, -0.2) is 18.9 Å². The number of carbonyl (C=O) groups is 2. The van der Waals surface area contributed by atoms with Crippen molar-refractivity contribution < 1.29 is 14.3 Å². The molecule has 7 heteroatoms. The topological polar surface area (TPSA) is 58.6 Å². The summed E-state index contributed by atoms with van der Waals surface area (Å²) in [5, 5.41) is 3.55. The first-order valence-corrected chi connectivity index (χ1v) is 11.1. The maximum Gasteiger partial charge on any atom is 0.283 e. The van der Waals surface area contributed by atoms with Gasteiger partial charge in [0.15, 0.2) is 0 Å².